The van der Waals surface area contributed by atoms with Crippen molar-refractivity contribution in [3.63, 3.8) is 0 Å². The summed E-state index contributed by atoms with van der Waals surface area (Å²) >= 11 is 0. The second-order valence-corrected chi connectivity index (χ2v) is 5.87. The number of aryl methyl sites for hydroxylation is 3. The van der Waals surface area contributed by atoms with Crippen LogP contribution in [0.2, 0.25) is 0 Å². The van der Waals surface area contributed by atoms with Gasteiger partial charge < -0.3 is 9.47 Å². The van der Waals surface area contributed by atoms with Crippen molar-refractivity contribution in [3.05, 3.63) is 34.9 Å². The third-order valence-electron chi connectivity index (χ3n) is 3.48. The molecule has 0 atom stereocenters. The predicted molar refractivity (Wildman–Crippen MR) is 97.6 cm³/mol. The Labute approximate surface area is 166 Å². The van der Waals surface area contributed by atoms with Crippen molar-refractivity contribution in [3.8, 4) is 0 Å². The van der Waals surface area contributed by atoms with E-state index in [2.05, 4.69) is 14.9 Å². The van der Waals surface area contributed by atoms with E-state index in [-0.39, 0.29) is 24.0 Å². The topological polar surface area (TPSA) is 88.2 Å². The summed E-state index contributed by atoms with van der Waals surface area (Å²) in [7, 11) is 0. The van der Waals surface area contributed by atoms with Crippen molar-refractivity contribution >= 4 is 11.9 Å². The van der Waals surface area contributed by atoms with E-state index < -0.39 is 18.7 Å². The first kappa shape index (κ1) is 24.2. The van der Waals surface area contributed by atoms with Gasteiger partial charge in [-0.1, -0.05) is 0 Å². The smallest absolute Gasteiger partial charge is 0.408 e. The van der Waals surface area contributed by atoms with Crippen LogP contribution < -0.4 is 0 Å². The van der Waals surface area contributed by atoms with Crippen LogP contribution in [0.3, 0.4) is 0 Å². The van der Waals surface area contributed by atoms with Gasteiger partial charge in [-0.25, -0.2) is 9.59 Å². The monoisotopic (exact) mass is 418 g/mol. The largest absolute Gasteiger partial charge is 0.461 e. The van der Waals surface area contributed by atoms with Crippen LogP contribution in [0.1, 0.15) is 53.1 Å². The average molecular weight is 418 g/mol. The Hall–Kier alpha value is -2.85. The molecular weight excluding hydrogens is 393 g/mol. The zero-order valence-electron chi connectivity index (χ0n) is 17.0. The molecule has 0 radical (unpaired) electrons. The summed E-state index contributed by atoms with van der Waals surface area (Å²) in [6.45, 7) is 8.66. The number of hydrogen-bond donors (Lipinski definition) is 0. The second-order valence-electron chi connectivity index (χ2n) is 5.87. The van der Waals surface area contributed by atoms with Gasteiger partial charge in [-0.2, -0.15) is 23.4 Å². The highest BCUT2D eigenvalue weighted by Crippen LogP contribution is 2.18. The number of carbonyl (C=O) groups excluding carboxylic acids is 2. The van der Waals surface area contributed by atoms with Gasteiger partial charge >= 0.3 is 18.1 Å². The first-order chi connectivity index (χ1) is 13.5. The highest BCUT2D eigenvalue weighted by Gasteiger charge is 2.29. The highest BCUT2D eigenvalue weighted by atomic mass is 19.4. The number of alkyl halides is 3. The van der Waals surface area contributed by atoms with Crippen molar-refractivity contribution in [2.75, 3.05) is 13.2 Å². The molecule has 0 aliphatic heterocycles. The molecule has 0 bridgehead atoms. The van der Waals surface area contributed by atoms with Crippen molar-refractivity contribution in [1.82, 2.24) is 19.6 Å². The van der Waals surface area contributed by atoms with Gasteiger partial charge in [0.25, 0.3) is 0 Å². The Morgan fingerprint density at radius 1 is 0.966 bits per heavy atom. The molecule has 2 rings (SSSR count). The maximum absolute atomic E-state index is 12.1. The summed E-state index contributed by atoms with van der Waals surface area (Å²) in [4.78, 5) is 22.6. The number of ether oxygens (including phenoxy) is 2. The zero-order chi connectivity index (χ0) is 22.2. The van der Waals surface area contributed by atoms with E-state index in [0.29, 0.717) is 18.8 Å². The van der Waals surface area contributed by atoms with Gasteiger partial charge in [0, 0.05) is 12.2 Å². The molecule has 0 saturated carbocycles. The van der Waals surface area contributed by atoms with E-state index in [0.717, 1.165) is 10.4 Å². The first-order valence-electron chi connectivity index (χ1n) is 9.02. The number of nitrogens with zero attached hydrogens (tertiary/aromatic N) is 4. The Kier molecular flexibility index (Phi) is 8.86. The highest BCUT2D eigenvalue weighted by molar-refractivity contribution is 5.87. The van der Waals surface area contributed by atoms with Crippen LogP contribution in [0, 0.1) is 13.8 Å². The number of halogens is 3. The molecule has 0 fully saturated rings. The van der Waals surface area contributed by atoms with Crippen molar-refractivity contribution < 1.29 is 32.2 Å². The lowest BCUT2D eigenvalue weighted by molar-refractivity contribution is -0.143. The van der Waals surface area contributed by atoms with Crippen molar-refractivity contribution in [1.29, 1.82) is 0 Å². The fraction of sp³-hybridized carbons (Fsp3) is 0.556. The fourth-order valence-corrected chi connectivity index (χ4v) is 2.30. The average Bonchev–Trinajstić information content (AvgIpc) is 3.17. The van der Waals surface area contributed by atoms with E-state index in [9.17, 15) is 22.8 Å². The molecule has 0 aliphatic carbocycles. The quantitative estimate of drug-likeness (QED) is 0.669. The molecule has 0 aromatic carbocycles. The third kappa shape index (κ3) is 7.59. The Balaban J connectivity index is 0.000000296. The number of aromatic nitrogens is 4. The number of hydrogen-bond acceptors (Lipinski definition) is 6. The molecule has 11 heteroatoms. The van der Waals surface area contributed by atoms with Crippen molar-refractivity contribution in [2.24, 2.45) is 0 Å². The molecule has 0 amide bonds. The van der Waals surface area contributed by atoms with E-state index in [1.807, 2.05) is 13.8 Å². The molecule has 162 valence electrons. The molecule has 0 aliphatic rings. The number of rotatable bonds is 6. The lowest BCUT2D eigenvalue weighted by Gasteiger charge is -2.07. The molecule has 2 aromatic rings. The summed E-state index contributed by atoms with van der Waals surface area (Å²) in [6, 6.07) is 3.01. The Morgan fingerprint density at radius 3 is 2.07 bits per heavy atom. The van der Waals surface area contributed by atoms with Crippen LogP contribution in [-0.2, 0) is 22.6 Å². The van der Waals surface area contributed by atoms with Crippen LogP contribution in [0.15, 0.2) is 12.1 Å². The van der Waals surface area contributed by atoms with E-state index in [1.54, 1.807) is 24.6 Å². The standard InChI is InChI=1S/C9H11F3N2O2.C9H14N2O2/c1-3-16-8(15)7-4-6(2)14(13-7)5-9(10,11)12;1-4-11-8(6-7(3)10-11)9(12)13-5-2/h4H,3,5H2,1-2H3;6H,4-5H2,1-3H3. The fourth-order valence-electron chi connectivity index (χ4n) is 2.30. The van der Waals surface area contributed by atoms with Gasteiger partial charge in [0.15, 0.2) is 5.69 Å². The maximum Gasteiger partial charge on any atom is 0.408 e. The molecule has 8 nitrogen and oxygen atoms in total. The van der Waals surface area contributed by atoms with Gasteiger partial charge in [-0.05, 0) is 46.8 Å². The van der Waals surface area contributed by atoms with Crippen LogP contribution in [0.25, 0.3) is 0 Å². The molecule has 0 spiro atoms. The zero-order valence-corrected chi connectivity index (χ0v) is 17.0. The van der Waals surface area contributed by atoms with Gasteiger partial charge in [0.05, 0.1) is 18.9 Å². The van der Waals surface area contributed by atoms with E-state index >= 15 is 0 Å². The predicted octanol–water partition coefficient (Wildman–Crippen LogP) is 3.32. The molecule has 2 heterocycles. The van der Waals surface area contributed by atoms with Gasteiger partial charge in [-0.3, -0.25) is 9.36 Å². The summed E-state index contributed by atoms with van der Waals surface area (Å²) in [5.41, 5.74) is 1.52. The van der Waals surface area contributed by atoms with Gasteiger partial charge in [-0.15, -0.1) is 0 Å². The summed E-state index contributed by atoms with van der Waals surface area (Å²) in [5.74, 6) is -1.02. The Bertz CT molecular complexity index is 828. The molecule has 0 unspecified atom stereocenters. The van der Waals surface area contributed by atoms with Crippen LogP contribution in [0.5, 0.6) is 0 Å². The van der Waals surface area contributed by atoms with Gasteiger partial charge in [0.1, 0.15) is 12.2 Å². The molecule has 29 heavy (non-hydrogen) atoms. The van der Waals surface area contributed by atoms with Crippen LogP contribution in [-0.4, -0.2) is 50.9 Å². The SMILES string of the molecule is CCOC(=O)c1cc(C)n(CC(F)(F)F)n1.CCOC(=O)c1cc(C)nn1CC. The van der Waals surface area contributed by atoms with Crippen molar-refractivity contribution in [2.45, 2.75) is 53.9 Å². The molecule has 2 aromatic heterocycles. The van der Waals surface area contributed by atoms with Crippen LogP contribution in [0.4, 0.5) is 13.2 Å². The minimum Gasteiger partial charge on any atom is -0.461 e. The minimum atomic E-state index is -4.36. The lowest BCUT2D eigenvalue weighted by atomic mass is 10.4. The summed E-state index contributed by atoms with van der Waals surface area (Å²) in [6.07, 6.45) is -4.36. The van der Waals surface area contributed by atoms with Crippen LogP contribution >= 0.6 is 0 Å². The van der Waals surface area contributed by atoms with E-state index in [4.69, 9.17) is 4.74 Å². The molecule has 0 saturated heterocycles. The second kappa shape index (κ2) is 10.6. The first-order valence-corrected chi connectivity index (χ1v) is 9.02. The molecule has 0 N–H and O–H groups in total. The molecular formula is C18H25F3N4O4. The maximum atomic E-state index is 12.1. The Morgan fingerprint density at radius 2 is 1.55 bits per heavy atom. The third-order valence-corrected chi connectivity index (χ3v) is 3.48. The number of esters is 2. The normalized spacial score (nSPS) is 10.9. The summed E-state index contributed by atoms with van der Waals surface area (Å²) < 4.78 is 48.2. The summed E-state index contributed by atoms with van der Waals surface area (Å²) in [5, 5.41) is 7.68. The lowest BCUT2D eigenvalue weighted by Crippen LogP contribution is -2.20. The number of carbonyl (C=O) groups is 2. The van der Waals surface area contributed by atoms with Gasteiger partial charge in [0.2, 0.25) is 0 Å². The minimum absolute atomic E-state index is 0.108. The van der Waals surface area contributed by atoms with E-state index in [1.165, 1.54) is 13.0 Å².